The Morgan fingerprint density at radius 2 is 2.36 bits per heavy atom. The molecule has 80 valence electrons. The maximum absolute atomic E-state index is 11.7. The molecular formula is C9H16N2O3. The Morgan fingerprint density at radius 3 is 2.93 bits per heavy atom. The van der Waals surface area contributed by atoms with Crippen molar-refractivity contribution in [2.24, 2.45) is 0 Å². The van der Waals surface area contributed by atoms with Gasteiger partial charge < -0.3 is 14.7 Å². The van der Waals surface area contributed by atoms with Crippen molar-refractivity contribution in [2.75, 3.05) is 33.0 Å². The fraction of sp³-hybridized carbons (Fsp3) is 0.889. The van der Waals surface area contributed by atoms with E-state index in [1.165, 1.54) is 4.90 Å². The molecule has 0 radical (unpaired) electrons. The van der Waals surface area contributed by atoms with Gasteiger partial charge in [-0.25, -0.2) is 4.79 Å². The second-order valence-corrected chi connectivity index (χ2v) is 3.75. The number of aliphatic hydroxyl groups excluding tert-OH is 1. The molecule has 2 heterocycles. The molecule has 0 bridgehead atoms. The van der Waals surface area contributed by atoms with E-state index in [0.29, 0.717) is 19.7 Å². The van der Waals surface area contributed by atoms with Crippen LogP contribution in [0.25, 0.3) is 0 Å². The van der Waals surface area contributed by atoms with Gasteiger partial charge in [-0.15, -0.1) is 0 Å². The molecule has 0 aliphatic carbocycles. The Labute approximate surface area is 83.2 Å². The van der Waals surface area contributed by atoms with Crippen LogP contribution in [0, 0.1) is 0 Å². The fourth-order valence-corrected chi connectivity index (χ4v) is 2.04. The van der Waals surface area contributed by atoms with Crippen LogP contribution in [0.4, 0.5) is 4.79 Å². The smallest absolute Gasteiger partial charge is 0.322 e. The first-order chi connectivity index (χ1) is 6.83. The van der Waals surface area contributed by atoms with E-state index >= 15 is 0 Å². The summed E-state index contributed by atoms with van der Waals surface area (Å²) >= 11 is 0. The van der Waals surface area contributed by atoms with E-state index < -0.39 is 0 Å². The number of amides is 2. The number of aliphatic hydroxyl groups is 1. The summed E-state index contributed by atoms with van der Waals surface area (Å²) in [7, 11) is 0. The number of ether oxygens (including phenoxy) is 1. The van der Waals surface area contributed by atoms with E-state index in [9.17, 15) is 4.79 Å². The average Bonchev–Trinajstić information content (AvgIpc) is 2.61. The van der Waals surface area contributed by atoms with Crippen LogP contribution in [0.3, 0.4) is 0 Å². The van der Waals surface area contributed by atoms with E-state index in [0.717, 1.165) is 19.4 Å². The molecule has 0 aromatic heterocycles. The normalized spacial score (nSPS) is 28.6. The first-order valence-corrected chi connectivity index (χ1v) is 5.07. The Kier molecular flexibility index (Phi) is 2.88. The van der Waals surface area contributed by atoms with Crippen LogP contribution in [0.2, 0.25) is 0 Å². The summed E-state index contributed by atoms with van der Waals surface area (Å²) in [6.07, 6.45) is 2.04. The monoisotopic (exact) mass is 200 g/mol. The van der Waals surface area contributed by atoms with Crippen molar-refractivity contribution in [1.82, 2.24) is 9.80 Å². The summed E-state index contributed by atoms with van der Waals surface area (Å²) in [5.74, 6) is 0. The first kappa shape index (κ1) is 9.73. The highest BCUT2D eigenvalue weighted by Crippen LogP contribution is 2.18. The molecule has 0 saturated carbocycles. The number of urea groups is 1. The summed E-state index contributed by atoms with van der Waals surface area (Å²) < 4.78 is 5.34. The van der Waals surface area contributed by atoms with Crippen LogP contribution in [0.15, 0.2) is 0 Å². The number of hydrogen-bond acceptors (Lipinski definition) is 3. The van der Waals surface area contributed by atoms with E-state index in [1.54, 1.807) is 0 Å². The maximum Gasteiger partial charge on any atom is 0.322 e. The number of carbonyl (C=O) groups excluding carboxylic acids is 1. The van der Waals surface area contributed by atoms with Gasteiger partial charge in [0.15, 0.2) is 0 Å². The number of rotatable bonds is 2. The van der Waals surface area contributed by atoms with Crippen molar-refractivity contribution in [3.63, 3.8) is 0 Å². The minimum Gasteiger partial charge on any atom is -0.379 e. The fourth-order valence-electron chi connectivity index (χ4n) is 2.04. The summed E-state index contributed by atoms with van der Waals surface area (Å²) in [6, 6.07) is 0.163. The van der Waals surface area contributed by atoms with Crippen LogP contribution in [-0.2, 0) is 4.74 Å². The molecule has 0 aromatic rings. The zero-order valence-electron chi connectivity index (χ0n) is 8.19. The minimum absolute atomic E-state index is 0.0528. The van der Waals surface area contributed by atoms with Crippen LogP contribution >= 0.6 is 0 Å². The van der Waals surface area contributed by atoms with Gasteiger partial charge in [0, 0.05) is 19.7 Å². The van der Waals surface area contributed by atoms with Crippen LogP contribution in [-0.4, -0.2) is 60.0 Å². The van der Waals surface area contributed by atoms with Gasteiger partial charge in [0.1, 0.15) is 6.73 Å². The maximum atomic E-state index is 11.7. The second kappa shape index (κ2) is 4.14. The summed E-state index contributed by atoms with van der Waals surface area (Å²) in [6.45, 7) is 2.62. The molecule has 2 aliphatic heterocycles. The average molecular weight is 200 g/mol. The van der Waals surface area contributed by atoms with Crippen molar-refractivity contribution < 1.29 is 14.6 Å². The third-order valence-electron chi connectivity index (χ3n) is 2.87. The summed E-state index contributed by atoms with van der Waals surface area (Å²) in [4.78, 5) is 14.9. The third kappa shape index (κ3) is 1.69. The van der Waals surface area contributed by atoms with Gasteiger partial charge in [0.2, 0.25) is 0 Å². The molecule has 2 rings (SSSR count). The molecule has 1 N–H and O–H groups in total. The van der Waals surface area contributed by atoms with Gasteiger partial charge in [-0.1, -0.05) is 0 Å². The topological polar surface area (TPSA) is 53.0 Å². The number of nitrogens with zero attached hydrogens (tertiary/aromatic N) is 2. The van der Waals surface area contributed by atoms with Crippen molar-refractivity contribution in [1.29, 1.82) is 0 Å². The lowest BCUT2D eigenvalue weighted by atomic mass is 10.1. The van der Waals surface area contributed by atoms with E-state index in [-0.39, 0.29) is 18.8 Å². The van der Waals surface area contributed by atoms with Gasteiger partial charge in [-0.05, 0) is 12.8 Å². The van der Waals surface area contributed by atoms with Gasteiger partial charge >= 0.3 is 6.03 Å². The molecule has 14 heavy (non-hydrogen) atoms. The lowest BCUT2D eigenvalue weighted by Crippen LogP contribution is -2.43. The standard InChI is InChI=1S/C9H16N2O3/c12-7-10-3-4-11(9(10)13)8-2-1-5-14-6-8/h8,12H,1-7H2. The van der Waals surface area contributed by atoms with Crippen molar-refractivity contribution in [3.05, 3.63) is 0 Å². The zero-order valence-corrected chi connectivity index (χ0v) is 8.19. The van der Waals surface area contributed by atoms with Gasteiger partial charge in [-0.3, -0.25) is 4.90 Å². The molecule has 0 spiro atoms. The van der Waals surface area contributed by atoms with Crippen molar-refractivity contribution in [3.8, 4) is 0 Å². The predicted octanol–water partition coefficient (Wildman–Crippen LogP) is -0.147. The quantitative estimate of drug-likeness (QED) is 0.674. The highest BCUT2D eigenvalue weighted by molar-refractivity contribution is 5.76. The Bertz CT molecular complexity index is 216. The van der Waals surface area contributed by atoms with E-state index in [2.05, 4.69) is 0 Å². The van der Waals surface area contributed by atoms with E-state index in [4.69, 9.17) is 9.84 Å². The molecule has 0 aromatic carbocycles. The molecule has 2 saturated heterocycles. The van der Waals surface area contributed by atoms with E-state index in [1.807, 2.05) is 4.90 Å². The summed E-state index contributed by atoms with van der Waals surface area (Å²) in [5, 5.41) is 8.90. The number of hydrogen-bond donors (Lipinski definition) is 1. The molecule has 1 unspecified atom stereocenters. The molecule has 2 fully saturated rings. The van der Waals surface area contributed by atoms with Crippen molar-refractivity contribution in [2.45, 2.75) is 18.9 Å². The molecule has 2 aliphatic rings. The molecule has 5 nitrogen and oxygen atoms in total. The van der Waals surface area contributed by atoms with Crippen LogP contribution in [0.1, 0.15) is 12.8 Å². The molecule has 1 atom stereocenters. The van der Waals surface area contributed by atoms with Crippen molar-refractivity contribution >= 4 is 6.03 Å². The Balaban J connectivity index is 1.94. The molecule has 5 heteroatoms. The number of carbonyl (C=O) groups is 1. The third-order valence-corrected chi connectivity index (χ3v) is 2.87. The zero-order chi connectivity index (χ0) is 9.97. The first-order valence-electron chi connectivity index (χ1n) is 5.07. The molecular weight excluding hydrogens is 184 g/mol. The van der Waals surface area contributed by atoms with Gasteiger partial charge in [0.05, 0.1) is 12.6 Å². The lowest BCUT2D eigenvalue weighted by Gasteiger charge is -2.30. The summed E-state index contributed by atoms with van der Waals surface area (Å²) in [5.41, 5.74) is 0. The van der Waals surface area contributed by atoms with Crippen LogP contribution < -0.4 is 0 Å². The predicted molar refractivity (Wildman–Crippen MR) is 49.7 cm³/mol. The lowest BCUT2D eigenvalue weighted by molar-refractivity contribution is 0.0354. The largest absolute Gasteiger partial charge is 0.379 e. The minimum atomic E-state index is -0.178. The highest BCUT2D eigenvalue weighted by atomic mass is 16.5. The van der Waals surface area contributed by atoms with Crippen LogP contribution in [0.5, 0.6) is 0 Å². The molecule has 2 amide bonds. The Hall–Kier alpha value is -0.810. The van der Waals surface area contributed by atoms with Gasteiger partial charge in [0.25, 0.3) is 0 Å². The highest BCUT2D eigenvalue weighted by Gasteiger charge is 2.33. The second-order valence-electron chi connectivity index (χ2n) is 3.75. The Morgan fingerprint density at radius 1 is 1.50 bits per heavy atom. The SMILES string of the molecule is O=C1N(CO)CCN1C1CCCOC1. The van der Waals surface area contributed by atoms with Gasteiger partial charge in [-0.2, -0.15) is 0 Å².